The minimum atomic E-state index is -1.83. The predicted octanol–water partition coefficient (Wildman–Crippen LogP) is 3.36. The van der Waals surface area contributed by atoms with Crippen molar-refractivity contribution >= 4 is 23.6 Å². The average molecular weight is 568 g/mol. The fourth-order valence-electron chi connectivity index (χ4n) is 4.03. The van der Waals surface area contributed by atoms with Crippen molar-refractivity contribution in [3.05, 3.63) is 59.4 Å². The van der Waals surface area contributed by atoms with Crippen molar-refractivity contribution in [1.29, 1.82) is 0 Å². The van der Waals surface area contributed by atoms with Crippen LogP contribution in [0.5, 0.6) is 5.75 Å². The lowest BCUT2D eigenvalue weighted by Gasteiger charge is -2.32. The summed E-state index contributed by atoms with van der Waals surface area (Å²) in [6, 6.07) is 1.65. The van der Waals surface area contributed by atoms with Gasteiger partial charge in [-0.05, 0) is 31.4 Å². The number of hydrogen-bond acceptors (Lipinski definition) is 7. The maximum atomic E-state index is 13.9. The molecule has 2 heterocycles. The molecule has 0 aliphatic carbocycles. The van der Waals surface area contributed by atoms with Gasteiger partial charge in [-0.25, -0.2) is 8.78 Å². The fourth-order valence-corrected chi connectivity index (χ4v) is 4.03. The summed E-state index contributed by atoms with van der Waals surface area (Å²) in [7, 11) is 0. The van der Waals surface area contributed by atoms with E-state index in [4.69, 9.17) is 9.47 Å². The molecule has 0 bridgehead atoms. The van der Waals surface area contributed by atoms with E-state index in [-0.39, 0.29) is 44.5 Å². The number of esters is 1. The molecule has 9 nitrogen and oxygen atoms in total. The number of amides is 2. The van der Waals surface area contributed by atoms with Crippen LogP contribution in [0.3, 0.4) is 0 Å². The maximum Gasteiger partial charge on any atom is 0.308 e. The summed E-state index contributed by atoms with van der Waals surface area (Å²) in [5.41, 5.74) is 0.455. The highest BCUT2D eigenvalue weighted by molar-refractivity contribution is 5.95. The van der Waals surface area contributed by atoms with E-state index in [0.29, 0.717) is 12.0 Å². The van der Waals surface area contributed by atoms with E-state index in [2.05, 4.69) is 10.3 Å². The van der Waals surface area contributed by atoms with Crippen molar-refractivity contribution in [2.75, 3.05) is 26.3 Å². The molecular weight excluding hydrogens is 538 g/mol. The summed E-state index contributed by atoms with van der Waals surface area (Å²) in [6.07, 6.45) is 4.26. The van der Waals surface area contributed by atoms with Crippen LogP contribution in [0.2, 0.25) is 0 Å². The van der Waals surface area contributed by atoms with Crippen molar-refractivity contribution in [3.8, 4) is 5.75 Å². The van der Waals surface area contributed by atoms with Gasteiger partial charge in [0.15, 0.2) is 23.2 Å². The van der Waals surface area contributed by atoms with Crippen molar-refractivity contribution in [2.45, 2.75) is 45.1 Å². The van der Waals surface area contributed by atoms with Crippen LogP contribution in [0.15, 0.2) is 30.6 Å². The van der Waals surface area contributed by atoms with E-state index >= 15 is 0 Å². The number of ketones is 1. The zero-order valence-electron chi connectivity index (χ0n) is 21.8. The van der Waals surface area contributed by atoms with Crippen LogP contribution < -0.4 is 10.1 Å². The van der Waals surface area contributed by atoms with Gasteiger partial charge >= 0.3 is 5.97 Å². The number of halogens is 4. The number of likely N-dealkylation sites (tertiary alicyclic amines) is 1. The van der Waals surface area contributed by atoms with Gasteiger partial charge in [-0.2, -0.15) is 8.78 Å². The number of aromatic nitrogens is 1. The minimum absolute atomic E-state index is 0.00932. The van der Waals surface area contributed by atoms with E-state index in [1.807, 2.05) is 6.92 Å². The Bertz CT molecular complexity index is 1200. The normalized spacial score (nSPS) is 14.4. The highest BCUT2D eigenvalue weighted by Gasteiger charge is 2.32. The van der Waals surface area contributed by atoms with Gasteiger partial charge in [0.25, 0.3) is 5.91 Å². The van der Waals surface area contributed by atoms with E-state index in [0.717, 1.165) is 6.42 Å². The Kier molecular flexibility index (Phi) is 11.0. The molecule has 1 saturated heterocycles. The molecule has 3 rings (SSSR count). The van der Waals surface area contributed by atoms with Crippen molar-refractivity contribution in [1.82, 2.24) is 15.2 Å². The first kappa shape index (κ1) is 30.5. The third-order valence-electron chi connectivity index (χ3n) is 6.35. The highest BCUT2D eigenvalue weighted by atomic mass is 19.2. The number of pyridine rings is 1. The van der Waals surface area contributed by atoms with Crippen LogP contribution in [0.4, 0.5) is 17.6 Å². The first-order chi connectivity index (χ1) is 19.1. The quantitative estimate of drug-likeness (QED) is 0.181. The van der Waals surface area contributed by atoms with E-state index in [1.165, 1.54) is 12.4 Å². The van der Waals surface area contributed by atoms with Crippen LogP contribution in [-0.2, 0) is 19.1 Å². The number of unbranched alkanes of at least 4 members (excludes halogenated alkanes) is 1. The van der Waals surface area contributed by atoms with Crippen LogP contribution in [0, 0.1) is 29.2 Å². The molecule has 1 atom stereocenters. The Hall–Kier alpha value is -4.03. The number of carbonyl (C=O) groups is 4. The van der Waals surface area contributed by atoms with Crippen LogP contribution in [-0.4, -0.2) is 65.8 Å². The monoisotopic (exact) mass is 567 g/mol. The molecule has 1 N–H and O–H groups in total. The number of carbonyl (C=O) groups excluding carboxylic acids is 4. The lowest BCUT2D eigenvalue weighted by molar-refractivity contribution is -0.146. The Labute approximate surface area is 227 Å². The lowest BCUT2D eigenvalue weighted by atomic mass is 9.94. The van der Waals surface area contributed by atoms with Crippen LogP contribution in [0.25, 0.3) is 0 Å². The molecule has 1 fully saturated rings. The van der Waals surface area contributed by atoms with Gasteiger partial charge in [0.1, 0.15) is 12.6 Å². The number of rotatable bonds is 12. The van der Waals surface area contributed by atoms with Gasteiger partial charge in [-0.3, -0.25) is 24.2 Å². The highest BCUT2D eigenvalue weighted by Crippen LogP contribution is 2.26. The Morgan fingerprint density at radius 1 is 1.05 bits per heavy atom. The number of nitrogens with one attached hydrogen (secondary N) is 1. The van der Waals surface area contributed by atoms with E-state index in [1.54, 1.807) is 17.0 Å². The van der Waals surface area contributed by atoms with Gasteiger partial charge in [-0.15, -0.1) is 0 Å². The lowest BCUT2D eigenvalue weighted by Crippen LogP contribution is -2.49. The molecule has 2 aromatic rings. The molecule has 0 unspecified atom stereocenters. The number of ether oxygens (including phenoxy) is 2. The van der Waals surface area contributed by atoms with Crippen LogP contribution in [0.1, 0.15) is 49.4 Å². The minimum Gasteiger partial charge on any atom is -0.479 e. The molecule has 40 heavy (non-hydrogen) atoms. The number of Topliss-reactive ketones (excluding diaryl/α,β-unsaturated/α-hetero) is 1. The second-order valence-electron chi connectivity index (χ2n) is 9.19. The summed E-state index contributed by atoms with van der Waals surface area (Å²) in [4.78, 5) is 56.2. The third-order valence-corrected chi connectivity index (χ3v) is 6.35. The second kappa shape index (κ2) is 14.4. The molecular formula is C27H29F4N3O6. The Balaban J connectivity index is 1.64. The van der Waals surface area contributed by atoms with Crippen molar-refractivity contribution in [3.63, 3.8) is 0 Å². The smallest absolute Gasteiger partial charge is 0.308 e. The third kappa shape index (κ3) is 7.99. The van der Waals surface area contributed by atoms with Gasteiger partial charge in [0, 0.05) is 43.0 Å². The molecule has 1 aliphatic rings. The summed E-state index contributed by atoms with van der Waals surface area (Å²) in [5.74, 6) is -11.7. The van der Waals surface area contributed by atoms with Gasteiger partial charge in [0.2, 0.25) is 17.5 Å². The zero-order valence-corrected chi connectivity index (χ0v) is 21.8. The Morgan fingerprint density at radius 2 is 1.68 bits per heavy atom. The SMILES string of the molecule is CCCCOC(=O)C[C@H](NC(=O)C1CCN(C(=O)c2ccncc2)CC1)C(=O)COc1c(F)c(F)cc(F)c1F. The van der Waals surface area contributed by atoms with E-state index in [9.17, 15) is 36.7 Å². The number of piperidine rings is 1. The van der Waals surface area contributed by atoms with Gasteiger partial charge in [-0.1, -0.05) is 13.3 Å². The van der Waals surface area contributed by atoms with Gasteiger partial charge < -0.3 is 19.7 Å². The Morgan fingerprint density at radius 3 is 2.27 bits per heavy atom. The van der Waals surface area contributed by atoms with Gasteiger partial charge in [0.05, 0.1) is 13.0 Å². The average Bonchev–Trinajstić information content (AvgIpc) is 2.96. The van der Waals surface area contributed by atoms with Crippen LogP contribution >= 0.6 is 0 Å². The molecule has 2 amide bonds. The topological polar surface area (TPSA) is 115 Å². The predicted molar refractivity (Wildman–Crippen MR) is 132 cm³/mol. The standard InChI is InChI=1S/C27H29F4N3O6/c1-2-3-12-39-22(36)14-20(21(35)15-40-25-23(30)18(28)13-19(29)24(25)31)33-26(37)16-6-10-34(11-7-16)27(38)17-4-8-32-9-5-17/h4-5,8-9,13,16,20H,2-3,6-7,10-12,14-15H2,1H3,(H,33,37)/t20-/m0/s1. The summed E-state index contributed by atoms with van der Waals surface area (Å²) in [5, 5.41) is 2.46. The molecule has 1 aliphatic heterocycles. The molecule has 0 spiro atoms. The molecule has 13 heteroatoms. The summed E-state index contributed by atoms with van der Waals surface area (Å²) in [6.45, 7) is 1.40. The number of benzene rings is 1. The fraction of sp³-hybridized carbons (Fsp3) is 0.444. The maximum absolute atomic E-state index is 13.9. The molecule has 216 valence electrons. The molecule has 0 saturated carbocycles. The van der Waals surface area contributed by atoms with Crippen molar-refractivity contribution < 1.29 is 46.2 Å². The first-order valence-corrected chi connectivity index (χ1v) is 12.8. The number of hydrogen-bond donors (Lipinski definition) is 1. The number of nitrogens with zero attached hydrogens (tertiary/aromatic N) is 2. The van der Waals surface area contributed by atoms with Crippen molar-refractivity contribution in [2.24, 2.45) is 5.92 Å². The second-order valence-corrected chi connectivity index (χ2v) is 9.19. The largest absolute Gasteiger partial charge is 0.479 e. The molecule has 1 aromatic heterocycles. The first-order valence-electron chi connectivity index (χ1n) is 12.8. The zero-order chi connectivity index (χ0) is 29.2. The molecule has 1 aromatic carbocycles. The molecule has 0 radical (unpaired) electrons. The van der Waals surface area contributed by atoms with E-state index < -0.39 is 71.7 Å². The summed E-state index contributed by atoms with van der Waals surface area (Å²) >= 11 is 0. The summed E-state index contributed by atoms with van der Waals surface area (Å²) < 4.78 is 64.6.